The number of oxazole rings is 1. The van der Waals surface area contributed by atoms with Crippen molar-refractivity contribution in [2.45, 2.75) is 32.4 Å². The van der Waals surface area contributed by atoms with Crippen LogP contribution in [0.4, 0.5) is 5.13 Å². The summed E-state index contributed by atoms with van der Waals surface area (Å²) in [4.78, 5) is 25.1. The molecule has 1 amide bonds. The number of halogens is 1. The third-order valence-electron chi connectivity index (χ3n) is 5.55. The van der Waals surface area contributed by atoms with Gasteiger partial charge in [0.2, 0.25) is 5.91 Å². The predicted octanol–water partition coefficient (Wildman–Crippen LogP) is 5.58. The molecule has 5 rings (SSSR count). The zero-order valence-corrected chi connectivity index (χ0v) is 19.5. The molecule has 2 aromatic heterocycles. The Morgan fingerprint density at radius 1 is 1.15 bits per heavy atom. The summed E-state index contributed by atoms with van der Waals surface area (Å²) in [6.45, 7) is 2.76. The molecule has 0 saturated heterocycles. The highest BCUT2D eigenvalue weighted by Crippen LogP contribution is 2.29. The molecule has 4 aromatic rings. The van der Waals surface area contributed by atoms with Gasteiger partial charge in [0.25, 0.3) is 0 Å². The lowest BCUT2D eigenvalue weighted by Crippen LogP contribution is -2.29. The van der Waals surface area contributed by atoms with E-state index in [0.717, 1.165) is 37.3 Å². The van der Waals surface area contributed by atoms with Crippen molar-refractivity contribution in [3.05, 3.63) is 87.8 Å². The summed E-state index contributed by atoms with van der Waals surface area (Å²) < 4.78 is 5.78. The second kappa shape index (κ2) is 9.87. The monoisotopic (exact) mass is 478 g/mol. The van der Waals surface area contributed by atoms with Gasteiger partial charge in [-0.15, -0.1) is 11.3 Å². The van der Waals surface area contributed by atoms with E-state index in [1.54, 1.807) is 29.7 Å². The number of aromatic nitrogens is 2. The number of nitrogens with one attached hydrogen (secondary N) is 1. The van der Waals surface area contributed by atoms with E-state index >= 15 is 0 Å². The summed E-state index contributed by atoms with van der Waals surface area (Å²) in [5.74, 6) is 1.10. The van der Waals surface area contributed by atoms with Crippen molar-refractivity contribution in [2.24, 2.45) is 0 Å². The number of benzene rings is 2. The molecule has 0 fully saturated rings. The van der Waals surface area contributed by atoms with Gasteiger partial charge in [-0.3, -0.25) is 9.69 Å². The first-order valence-corrected chi connectivity index (χ1v) is 12.1. The van der Waals surface area contributed by atoms with Crippen molar-refractivity contribution >= 4 is 34.0 Å². The molecule has 2 aromatic carbocycles. The van der Waals surface area contributed by atoms with Crippen LogP contribution in [0.1, 0.15) is 28.4 Å². The normalized spacial score (nSPS) is 13.6. The molecule has 0 radical (unpaired) electrons. The van der Waals surface area contributed by atoms with Crippen molar-refractivity contribution in [1.29, 1.82) is 0 Å². The van der Waals surface area contributed by atoms with Crippen molar-refractivity contribution in [1.82, 2.24) is 14.9 Å². The van der Waals surface area contributed by atoms with E-state index in [9.17, 15) is 4.79 Å². The minimum absolute atomic E-state index is 0.0894. The lowest BCUT2D eigenvalue weighted by atomic mass is 10.1. The van der Waals surface area contributed by atoms with Gasteiger partial charge in [0.1, 0.15) is 0 Å². The number of fused-ring (bicyclic) bond motifs is 1. The van der Waals surface area contributed by atoms with Crippen LogP contribution in [-0.2, 0) is 30.7 Å². The summed E-state index contributed by atoms with van der Waals surface area (Å²) in [5, 5.41) is 4.28. The smallest absolute Gasteiger partial charge is 0.226 e. The molecule has 168 valence electrons. The zero-order valence-electron chi connectivity index (χ0n) is 18.0. The Morgan fingerprint density at radius 3 is 2.79 bits per heavy atom. The number of amides is 1. The van der Waals surface area contributed by atoms with Crippen LogP contribution in [0.2, 0.25) is 5.02 Å². The van der Waals surface area contributed by atoms with Gasteiger partial charge in [0.05, 0.1) is 11.9 Å². The Labute approximate surface area is 201 Å². The van der Waals surface area contributed by atoms with Gasteiger partial charge in [-0.05, 0) is 29.8 Å². The largest absolute Gasteiger partial charge is 0.441 e. The van der Waals surface area contributed by atoms with Crippen LogP contribution < -0.4 is 5.32 Å². The topological polar surface area (TPSA) is 71.3 Å². The van der Waals surface area contributed by atoms with Crippen LogP contribution in [0, 0.1) is 0 Å². The third-order valence-corrected chi connectivity index (χ3v) is 6.80. The van der Waals surface area contributed by atoms with Gasteiger partial charge in [-0.25, -0.2) is 9.97 Å². The summed E-state index contributed by atoms with van der Waals surface area (Å²) in [7, 11) is 0. The Hall–Kier alpha value is -3.00. The fourth-order valence-electron chi connectivity index (χ4n) is 3.85. The summed E-state index contributed by atoms with van der Waals surface area (Å²) >= 11 is 7.50. The van der Waals surface area contributed by atoms with E-state index in [1.165, 1.54) is 10.4 Å². The Kier molecular flexibility index (Phi) is 6.53. The maximum atomic E-state index is 12.5. The van der Waals surface area contributed by atoms with E-state index in [-0.39, 0.29) is 12.3 Å². The first-order chi connectivity index (χ1) is 16.1. The molecule has 33 heavy (non-hydrogen) atoms. The molecular formula is C25H23ClN4O2S. The van der Waals surface area contributed by atoms with Crippen LogP contribution >= 0.6 is 22.9 Å². The highest BCUT2D eigenvalue weighted by atomic mass is 35.5. The number of nitrogens with zero attached hydrogens (tertiary/aromatic N) is 3. The highest BCUT2D eigenvalue weighted by Gasteiger charge is 2.21. The third kappa shape index (κ3) is 5.50. The molecule has 0 spiro atoms. The van der Waals surface area contributed by atoms with Crippen LogP contribution in [0.25, 0.3) is 11.3 Å². The molecule has 0 unspecified atom stereocenters. The first-order valence-electron chi connectivity index (χ1n) is 10.9. The minimum atomic E-state index is -0.0894. The summed E-state index contributed by atoms with van der Waals surface area (Å²) in [5.41, 5.74) is 3.31. The van der Waals surface area contributed by atoms with Crippen molar-refractivity contribution in [2.75, 3.05) is 11.9 Å². The quantitative estimate of drug-likeness (QED) is 0.375. The van der Waals surface area contributed by atoms with Crippen molar-refractivity contribution in [3.63, 3.8) is 0 Å². The predicted molar refractivity (Wildman–Crippen MR) is 130 cm³/mol. The Bertz CT molecular complexity index is 1240. The summed E-state index contributed by atoms with van der Waals surface area (Å²) in [6, 6.07) is 17.9. The zero-order chi connectivity index (χ0) is 22.6. The van der Waals surface area contributed by atoms with E-state index in [0.29, 0.717) is 28.2 Å². The number of hydrogen-bond donors (Lipinski definition) is 1. The average molecular weight is 479 g/mol. The summed E-state index contributed by atoms with van der Waals surface area (Å²) in [6.07, 6.45) is 3.28. The van der Waals surface area contributed by atoms with Gasteiger partial charge >= 0.3 is 0 Å². The van der Waals surface area contributed by atoms with Crippen LogP contribution in [0.5, 0.6) is 0 Å². The SMILES string of the molecule is O=C(CCc1ncc(-c2ccc(Cl)cc2)o1)Nc1nc2c(s1)CN(Cc1ccccc1)CC2. The number of thiazole rings is 1. The lowest BCUT2D eigenvalue weighted by molar-refractivity contribution is -0.116. The molecule has 1 N–H and O–H groups in total. The van der Waals surface area contributed by atoms with Crippen LogP contribution in [0.3, 0.4) is 0 Å². The molecule has 1 aliphatic heterocycles. The second-order valence-corrected chi connectivity index (χ2v) is 9.53. The van der Waals surface area contributed by atoms with Gasteiger partial charge in [0, 0.05) is 54.4 Å². The number of carbonyl (C=O) groups excluding carboxylic acids is 1. The standard InChI is InChI=1S/C25H23ClN4O2S/c26-19-8-6-18(7-9-19)21-14-27-24(32-21)11-10-23(31)29-25-28-20-12-13-30(16-22(20)33-25)15-17-4-2-1-3-5-17/h1-9,14H,10-13,15-16H2,(H,28,29,31). The molecule has 8 heteroatoms. The fraction of sp³-hybridized carbons (Fsp3) is 0.240. The van der Waals surface area contributed by atoms with Crippen LogP contribution in [0.15, 0.2) is 65.2 Å². The maximum absolute atomic E-state index is 12.5. The number of rotatable bonds is 7. The molecule has 0 bridgehead atoms. The molecule has 3 heterocycles. The fourth-order valence-corrected chi connectivity index (χ4v) is 5.05. The van der Waals surface area contributed by atoms with E-state index < -0.39 is 0 Å². The van der Waals surface area contributed by atoms with Gasteiger partial charge in [-0.2, -0.15) is 0 Å². The molecule has 1 aliphatic rings. The van der Waals surface area contributed by atoms with Gasteiger partial charge in [-0.1, -0.05) is 41.9 Å². The number of anilines is 1. The highest BCUT2D eigenvalue weighted by molar-refractivity contribution is 7.15. The average Bonchev–Trinajstić information content (AvgIpc) is 3.45. The van der Waals surface area contributed by atoms with E-state index in [4.69, 9.17) is 16.0 Å². The molecular weight excluding hydrogens is 456 g/mol. The molecule has 0 atom stereocenters. The van der Waals surface area contributed by atoms with Crippen molar-refractivity contribution < 1.29 is 9.21 Å². The molecule has 6 nitrogen and oxygen atoms in total. The molecule has 0 aliphatic carbocycles. The first kappa shape index (κ1) is 21.8. The number of hydrogen-bond acceptors (Lipinski definition) is 6. The van der Waals surface area contributed by atoms with E-state index in [2.05, 4.69) is 44.5 Å². The van der Waals surface area contributed by atoms with Gasteiger partial charge in [0.15, 0.2) is 16.8 Å². The minimum Gasteiger partial charge on any atom is -0.441 e. The lowest BCUT2D eigenvalue weighted by Gasteiger charge is -2.25. The molecule has 0 saturated carbocycles. The number of aryl methyl sites for hydroxylation is 1. The van der Waals surface area contributed by atoms with E-state index in [1.807, 2.05) is 18.2 Å². The Balaban J connectivity index is 1.14. The maximum Gasteiger partial charge on any atom is 0.226 e. The van der Waals surface area contributed by atoms with Crippen LogP contribution in [-0.4, -0.2) is 27.3 Å². The van der Waals surface area contributed by atoms with Crippen molar-refractivity contribution in [3.8, 4) is 11.3 Å². The van der Waals surface area contributed by atoms with Gasteiger partial charge < -0.3 is 9.73 Å². The number of carbonyl (C=O) groups is 1. The second-order valence-electron chi connectivity index (χ2n) is 8.01. The Morgan fingerprint density at radius 2 is 1.97 bits per heavy atom.